The van der Waals surface area contributed by atoms with Gasteiger partial charge in [0.05, 0.1) is 32.4 Å². The Morgan fingerprint density at radius 2 is 1.87 bits per heavy atom. The normalized spacial score (nSPS) is 16.2. The fourth-order valence-electron chi connectivity index (χ4n) is 2.83. The smallest absolute Gasteiger partial charge is 0.123 e. The number of piperazine rings is 1. The summed E-state index contributed by atoms with van der Waals surface area (Å²) in [5.74, 6) is -0.221. The molecule has 23 heavy (non-hydrogen) atoms. The maximum absolute atomic E-state index is 13.1. The van der Waals surface area contributed by atoms with Crippen molar-refractivity contribution in [3.05, 3.63) is 71.0 Å². The highest BCUT2D eigenvalue weighted by Crippen LogP contribution is 2.03. The highest BCUT2D eigenvalue weighted by molar-refractivity contribution is 5.79. The molecule has 1 N–H and O–H groups in total. The number of hydrazone groups is 1. The van der Waals surface area contributed by atoms with Crippen molar-refractivity contribution >= 4 is 6.21 Å². The lowest BCUT2D eigenvalue weighted by atomic mass is 10.1. The van der Waals surface area contributed by atoms with Gasteiger partial charge in [0.15, 0.2) is 0 Å². The topological polar surface area (TPSA) is 20.0 Å². The number of hydrogen-bond donors (Lipinski definition) is 1. The van der Waals surface area contributed by atoms with E-state index in [4.69, 9.17) is 0 Å². The van der Waals surface area contributed by atoms with E-state index >= 15 is 0 Å². The van der Waals surface area contributed by atoms with Crippen LogP contribution in [0.3, 0.4) is 0 Å². The summed E-state index contributed by atoms with van der Waals surface area (Å²) in [5.41, 5.74) is 3.50. The Morgan fingerprint density at radius 1 is 1.13 bits per heavy atom. The molecule has 1 aliphatic heterocycles. The molecule has 0 amide bonds. The maximum atomic E-state index is 13.1. The molecular weight excluding hydrogens is 289 g/mol. The minimum atomic E-state index is -0.221. The number of benzene rings is 2. The number of rotatable bonds is 4. The monoisotopic (exact) mass is 312 g/mol. The second-order valence-corrected chi connectivity index (χ2v) is 6.17. The number of nitrogens with zero attached hydrogens (tertiary/aromatic N) is 2. The Labute approximate surface area is 137 Å². The quantitative estimate of drug-likeness (QED) is 0.855. The Balaban J connectivity index is 1.49. The SMILES string of the molecule is Cc1ccc(C[NH+]2CCN(N=Cc3cccc(F)c3)CC2)cc1. The van der Waals surface area contributed by atoms with E-state index in [-0.39, 0.29) is 5.82 Å². The molecule has 0 saturated carbocycles. The second-order valence-electron chi connectivity index (χ2n) is 6.17. The van der Waals surface area contributed by atoms with Gasteiger partial charge in [-0.1, -0.05) is 42.0 Å². The minimum Gasteiger partial charge on any atom is -0.328 e. The van der Waals surface area contributed by atoms with Gasteiger partial charge >= 0.3 is 0 Å². The van der Waals surface area contributed by atoms with Gasteiger partial charge < -0.3 is 4.90 Å². The van der Waals surface area contributed by atoms with Crippen LogP contribution >= 0.6 is 0 Å². The second kappa shape index (κ2) is 7.38. The lowest BCUT2D eigenvalue weighted by Gasteiger charge is -2.30. The molecule has 0 spiro atoms. The van der Waals surface area contributed by atoms with Gasteiger partial charge in [-0.2, -0.15) is 5.10 Å². The Hall–Kier alpha value is -2.20. The van der Waals surface area contributed by atoms with Crippen molar-refractivity contribution < 1.29 is 9.29 Å². The largest absolute Gasteiger partial charge is 0.328 e. The van der Waals surface area contributed by atoms with E-state index in [2.05, 4.69) is 41.3 Å². The van der Waals surface area contributed by atoms with Gasteiger partial charge in [-0.3, -0.25) is 5.01 Å². The van der Waals surface area contributed by atoms with Gasteiger partial charge in [0.25, 0.3) is 0 Å². The van der Waals surface area contributed by atoms with Crippen molar-refractivity contribution in [2.24, 2.45) is 5.10 Å². The molecule has 0 unspecified atom stereocenters. The summed E-state index contributed by atoms with van der Waals surface area (Å²) in [5, 5.41) is 6.55. The first-order valence-corrected chi connectivity index (χ1v) is 8.13. The molecule has 1 saturated heterocycles. The van der Waals surface area contributed by atoms with Crippen LogP contribution in [0.2, 0.25) is 0 Å². The predicted octanol–water partition coefficient (Wildman–Crippen LogP) is 1.87. The molecule has 4 heteroatoms. The van der Waals surface area contributed by atoms with E-state index in [1.807, 2.05) is 6.07 Å². The van der Waals surface area contributed by atoms with Crippen molar-refractivity contribution in [1.29, 1.82) is 0 Å². The van der Waals surface area contributed by atoms with E-state index in [1.165, 1.54) is 23.3 Å². The lowest BCUT2D eigenvalue weighted by molar-refractivity contribution is -0.918. The van der Waals surface area contributed by atoms with Crippen molar-refractivity contribution in [2.75, 3.05) is 26.2 Å². The summed E-state index contributed by atoms with van der Waals surface area (Å²) in [7, 11) is 0. The summed E-state index contributed by atoms with van der Waals surface area (Å²) in [6.45, 7) is 7.22. The number of aryl methyl sites for hydroxylation is 1. The molecule has 2 aromatic carbocycles. The van der Waals surface area contributed by atoms with Crippen LogP contribution in [0.15, 0.2) is 53.6 Å². The molecule has 1 fully saturated rings. The zero-order valence-electron chi connectivity index (χ0n) is 13.5. The molecular formula is C19H23FN3+. The maximum Gasteiger partial charge on any atom is 0.123 e. The first-order chi connectivity index (χ1) is 11.2. The first-order valence-electron chi connectivity index (χ1n) is 8.13. The molecule has 0 atom stereocenters. The number of halogens is 1. The molecule has 3 nitrogen and oxygen atoms in total. The number of quaternary nitrogens is 1. The highest BCUT2D eigenvalue weighted by atomic mass is 19.1. The van der Waals surface area contributed by atoms with Crippen LogP contribution in [0.25, 0.3) is 0 Å². The molecule has 1 aliphatic rings. The summed E-state index contributed by atoms with van der Waals surface area (Å²) in [6, 6.07) is 15.3. The van der Waals surface area contributed by atoms with Crippen LogP contribution in [0.4, 0.5) is 4.39 Å². The molecule has 1 heterocycles. The van der Waals surface area contributed by atoms with Gasteiger partial charge in [-0.05, 0) is 24.6 Å². The molecule has 120 valence electrons. The molecule has 0 aromatic heterocycles. The summed E-state index contributed by atoms with van der Waals surface area (Å²) in [4.78, 5) is 1.59. The predicted molar refractivity (Wildman–Crippen MR) is 91.1 cm³/mol. The van der Waals surface area contributed by atoms with Crippen LogP contribution in [0.1, 0.15) is 16.7 Å². The van der Waals surface area contributed by atoms with Crippen LogP contribution in [-0.2, 0) is 6.54 Å². The molecule has 3 rings (SSSR count). The van der Waals surface area contributed by atoms with Crippen molar-refractivity contribution in [1.82, 2.24) is 5.01 Å². The standard InChI is InChI=1S/C19H22FN3/c1-16-5-7-17(8-6-16)15-22-9-11-23(12-10-22)21-14-18-3-2-4-19(20)13-18/h2-8,13-14H,9-12,15H2,1H3/p+1. The molecule has 0 bridgehead atoms. The zero-order chi connectivity index (χ0) is 16.1. The van der Waals surface area contributed by atoms with Crippen molar-refractivity contribution in [3.8, 4) is 0 Å². The first kappa shape index (κ1) is 15.7. The Morgan fingerprint density at radius 3 is 2.57 bits per heavy atom. The van der Waals surface area contributed by atoms with Gasteiger partial charge in [-0.25, -0.2) is 4.39 Å². The third-order valence-electron chi connectivity index (χ3n) is 4.24. The average Bonchev–Trinajstić information content (AvgIpc) is 2.56. The van der Waals surface area contributed by atoms with E-state index in [0.29, 0.717) is 0 Å². The van der Waals surface area contributed by atoms with E-state index < -0.39 is 0 Å². The molecule has 2 aromatic rings. The molecule has 0 aliphatic carbocycles. The minimum absolute atomic E-state index is 0.221. The fourth-order valence-corrected chi connectivity index (χ4v) is 2.83. The summed E-state index contributed by atoms with van der Waals surface area (Å²) < 4.78 is 13.1. The Bertz CT molecular complexity index is 659. The third-order valence-corrected chi connectivity index (χ3v) is 4.24. The Kier molecular flexibility index (Phi) is 5.03. The zero-order valence-corrected chi connectivity index (χ0v) is 13.5. The summed E-state index contributed by atoms with van der Waals surface area (Å²) >= 11 is 0. The molecule has 0 radical (unpaired) electrons. The van der Waals surface area contributed by atoms with Crippen LogP contribution < -0.4 is 4.90 Å². The average molecular weight is 312 g/mol. The lowest BCUT2D eigenvalue weighted by Crippen LogP contribution is -3.13. The summed E-state index contributed by atoms with van der Waals surface area (Å²) in [6.07, 6.45) is 1.74. The number of hydrogen-bond acceptors (Lipinski definition) is 2. The van der Waals surface area contributed by atoms with Gasteiger partial charge in [-0.15, -0.1) is 0 Å². The number of nitrogens with one attached hydrogen (secondary N) is 1. The van der Waals surface area contributed by atoms with Gasteiger partial charge in [0, 0.05) is 5.56 Å². The van der Waals surface area contributed by atoms with E-state index in [9.17, 15) is 4.39 Å². The van der Waals surface area contributed by atoms with Crippen LogP contribution in [-0.4, -0.2) is 37.4 Å². The van der Waals surface area contributed by atoms with E-state index in [0.717, 1.165) is 38.3 Å². The fraction of sp³-hybridized carbons (Fsp3) is 0.316. The van der Waals surface area contributed by atoms with Gasteiger partial charge in [0.1, 0.15) is 12.4 Å². The van der Waals surface area contributed by atoms with Gasteiger partial charge in [0.2, 0.25) is 0 Å². The van der Waals surface area contributed by atoms with Crippen LogP contribution in [0.5, 0.6) is 0 Å². The third kappa shape index (κ3) is 4.63. The van der Waals surface area contributed by atoms with Crippen LogP contribution in [0, 0.1) is 12.7 Å². The highest BCUT2D eigenvalue weighted by Gasteiger charge is 2.18. The van der Waals surface area contributed by atoms with Crippen molar-refractivity contribution in [2.45, 2.75) is 13.5 Å². The van der Waals surface area contributed by atoms with Crippen molar-refractivity contribution in [3.63, 3.8) is 0 Å². The van der Waals surface area contributed by atoms with E-state index in [1.54, 1.807) is 17.2 Å².